The molecule has 0 aliphatic carbocycles. The molecule has 0 saturated carbocycles. The summed E-state index contributed by atoms with van der Waals surface area (Å²) in [5.41, 5.74) is 2.87. The number of sulfonamides is 1. The minimum absolute atomic E-state index is 0.0953. The average molecular weight is 468 g/mol. The van der Waals surface area contributed by atoms with Gasteiger partial charge < -0.3 is 9.72 Å². The van der Waals surface area contributed by atoms with Crippen molar-refractivity contribution in [2.75, 3.05) is 11.4 Å². The smallest absolute Gasteiger partial charge is 0.326 e. The number of benzene rings is 2. The van der Waals surface area contributed by atoms with Gasteiger partial charge in [-0.3, -0.25) is 8.87 Å². The lowest BCUT2D eigenvalue weighted by Gasteiger charge is -2.29. The minimum atomic E-state index is -3.91. The number of hydrogen-bond acceptors (Lipinski definition) is 6. The number of aryl methyl sites for hydroxylation is 1. The number of ether oxygens (including phenoxy) is 1. The van der Waals surface area contributed by atoms with Crippen molar-refractivity contribution in [2.45, 2.75) is 38.3 Å². The van der Waals surface area contributed by atoms with Gasteiger partial charge in [0.05, 0.1) is 41.5 Å². The fourth-order valence-corrected chi connectivity index (χ4v) is 5.61. The highest BCUT2D eigenvalue weighted by atomic mass is 32.2. The van der Waals surface area contributed by atoms with Crippen molar-refractivity contribution in [1.82, 2.24) is 19.7 Å². The zero-order chi connectivity index (χ0) is 23.8. The highest BCUT2D eigenvalue weighted by Crippen LogP contribution is 2.32. The van der Waals surface area contributed by atoms with Crippen LogP contribution in [0, 0.1) is 6.92 Å². The maximum atomic E-state index is 13.7. The van der Waals surface area contributed by atoms with Gasteiger partial charge in [0.25, 0.3) is 10.0 Å². The van der Waals surface area contributed by atoms with Crippen molar-refractivity contribution >= 4 is 26.7 Å². The molecule has 10 heteroatoms. The predicted octanol–water partition coefficient (Wildman–Crippen LogP) is 3.09. The molecule has 172 valence electrons. The van der Waals surface area contributed by atoms with Gasteiger partial charge in [0.1, 0.15) is 5.75 Å². The SMILES string of the molecule is COc1ccc(N(C(C)C)S(=O)(=O)c2ccc3c(c2)[nH]c(=O)n3Cc2ccnnc2)c(C)c1. The first-order valence-corrected chi connectivity index (χ1v) is 11.8. The number of rotatable bonds is 7. The average Bonchev–Trinajstić information content (AvgIpc) is 3.09. The second-order valence-corrected chi connectivity index (χ2v) is 9.81. The topological polar surface area (TPSA) is 110 Å². The van der Waals surface area contributed by atoms with E-state index in [-0.39, 0.29) is 16.6 Å². The van der Waals surface area contributed by atoms with Crippen LogP contribution in [0.1, 0.15) is 25.0 Å². The van der Waals surface area contributed by atoms with Crippen molar-refractivity contribution in [3.63, 3.8) is 0 Å². The molecule has 2 aromatic heterocycles. The van der Waals surface area contributed by atoms with E-state index in [0.717, 1.165) is 11.1 Å². The molecule has 9 nitrogen and oxygen atoms in total. The molecule has 0 saturated heterocycles. The van der Waals surface area contributed by atoms with Crippen molar-refractivity contribution < 1.29 is 13.2 Å². The van der Waals surface area contributed by atoms with E-state index in [1.54, 1.807) is 49.8 Å². The third-order valence-electron chi connectivity index (χ3n) is 5.40. The van der Waals surface area contributed by atoms with Gasteiger partial charge in [0.15, 0.2) is 0 Å². The fourth-order valence-electron chi connectivity index (χ4n) is 3.86. The first-order chi connectivity index (χ1) is 15.7. The van der Waals surface area contributed by atoms with Crippen LogP contribution < -0.4 is 14.7 Å². The predicted molar refractivity (Wildman–Crippen MR) is 126 cm³/mol. The molecule has 0 fully saturated rings. The van der Waals surface area contributed by atoms with E-state index in [1.807, 2.05) is 20.8 Å². The summed E-state index contributed by atoms with van der Waals surface area (Å²) < 4.78 is 35.6. The number of hydrogen-bond donors (Lipinski definition) is 1. The number of H-pyrrole nitrogens is 1. The molecule has 0 unspecified atom stereocenters. The van der Waals surface area contributed by atoms with Crippen LogP contribution >= 0.6 is 0 Å². The van der Waals surface area contributed by atoms with Gasteiger partial charge in [0, 0.05) is 12.2 Å². The zero-order valence-corrected chi connectivity index (χ0v) is 19.6. The van der Waals surface area contributed by atoms with Crippen molar-refractivity contribution in [2.24, 2.45) is 0 Å². The molecule has 1 N–H and O–H groups in total. The first kappa shape index (κ1) is 22.5. The molecule has 0 spiro atoms. The largest absolute Gasteiger partial charge is 0.497 e. The quantitative estimate of drug-likeness (QED) is 0.447. The molecule has 4 aromatic rings. The van der Waals surface area contributed by atoms with Crippen LogP contribution in [-0.4, -0.2) is 41.3 Å². The number of anilines is 1. The number of methoxy groups -OCH3 is 1. The molecular formula is C23H25N5O4S. The van der Waals surface area contributed by atoms with E-state index in [4.69, 9.17) is 4.74 Å². The summed E-state index contributed by atoms with van der Waals surface area (Å²) in [6.45, 7) is 5.78. The third-order valence-corrected chi connectivity index (χ3v) is 7.38. The van der Waals surface area contributed by atoms with Gasteiger partial charge in [-0.2, -0.15) is 10.2 Å². The van der Waals surface area contributed by atoms with Crippen LogP contribution in [0.15, 0.2) is 64.5 Å². The van der Waals surface area contributed by atoms with Crippen molar-refractivity contribution in [3.8, 4) is 5.75 Å². The van der Waals surface area contributed by atoms with Gasteiger partial charge in [-0.25, -0.2) is 13.2 Å². The second kappa shape index (κ2) is 8.70. The molecule has 0 aliphatic heterocycles. The molecule has 0 radical (unpaired) electrons. The van der Waals surface area contributed by atoms with Gasteiger partial charge >= 0.3 is 5.69 Å². The normalized spacial score (nSPS) is 11.8. The minimum Gasteiger partial charge on any atom is -0.497 e. The Balaban J connectivity index is 1.77. The third kappa shape index (κ3) is 4.21. The maximum absolute atomic E-state index is 13.7. The lowest BCUT2D eigenvalue weighted by atomic mass is 10.2. The highest BCUT2D eigenvalue weighted by Gasteiger charge is 2.29. The summed E-state index contributed by atoms with van der Waals surface area (Å²) in [6.07, 6.45) is 3.14. The molecule has 0 bridgehead atoms. The summed E-state index contributed by atoms with van der Waals surface area (Å²) in [5.74, 6) is 0.655. The van der Waals surface area contributed by atoms with E-state index < -0.39 is 10.0 Å². The monoisotopic (exact) mass is 467 g/mol. The molecule has 0 atom stereocenters. The standard InChI is InChI=1S/C23H25N5O4S/c1-15(2)28(21-7-5-18(32-4)11-16(21)3)33(30,31)19-6-8-22-20(12-19)26-23(29)27(22)14-17-9-10-24-25-13-17/h5-13,15H,14H2,1-4H3,(H,26,29). The maximum Gasteiger partial charge on any atom is 0.326 e. The Labute approximate surface area is 191 Å². The summed E-state index contributed by atoms with van der Waals surface area (Å²) >= 11 is 0. The van der Waals surface area contributed by atoms with Crippen LogP contribution in [0.2, 0.25) is 0 Å². The molecular weight excluding hydrogens is 442 g/mol. The number of aromatic amines is 1. The number of nitrogens with zero attached hydrogens (tertiary/aromatic N) is 4. The Kier molecular flexibility index (Phi) is 5.94. The van der Waals surface area contributed by atoms with Gasteiger partial charge in [0.2, 0.25) is 0 Å². The molecule has 0 aliphatic rings. The Bertz CT molecular complexity index is 1460. The van der Waals surface area contributed by atoms with Crippen molar-refractivity contribution in [1.29, 1.82) is 0 Å². The lowest BCUT2D eigenvalue weighted by Crippen LogP contribution is -2.37. The summed E-state index contributed by atoms with van der Waals surface area (Å²) in [6, 6.07) is 11.4. The van der Waals surface area contributed by atoms with E-state index in [2.05, 4.69) is 15.2 Å². The molecule has 33 heavy (non-hydrogen) atoms. The fraction of sp³-hybridized carbons (Fsp3) is 0.261. The van der Waals surface area contributed by atoms with Crippen LogP contribution in [-0.2, 0) is 16.6 Å². The van der Waals surface area contributed by atoms with E-state index >= 15 is 0 Å². The number of fused-ring (bicyclic) bond motifs is 1. The second-order valence-electron chi connectivity index (χ2n) is 7.99. The zero-order valence-electron chi connectivity index (χ0n) is 18.8. The number of aromatic nitrogens is 4. The number of imidazole rings is 1. The Morgan fingerprint density at radius 2 is 1.91 bits per heavy atom. The first-order valence-electron chi connectivity index (χ1n) is 10.4. The summed E-state index contributed by atoms with van der Waals surface area (Å²) in [4.78, 5) is 15.4. The van der Waals surface area contributed by atoms with E-state index in [9.17, 15) is 13.2 Å². The molecule has 0 amide bonds. The Morgan fingerprint density at radius 3 is 2.55 bits per heavy atom. The lowest BCUT2D eigenvalue weighted by molar-refractivity contribution is 0.414. The van der Waals surface area contributed by atoms with E-state index in [0.29, 0.717) is 29.0 Å². The van der Waals surface area contributed by atoms with Crippen molar-refractivity contribution in [3.05, 3.63) is 76.5 Å². The van der Waals surface area contributed by atoms with Crippen LogP contribution in [0.4, 0.5) is 5.69 Å². The van der Waals surface area contributed by atoms with Gasteiger partial charge in [-0.1, -0.05) is 0 Å². The Hall–Kier alpha value is -3.66. The van der Waals surface area contributed by atoms with Crippen LogP contribution in [0.3, 0.4) is 0 Å². The molecule has 4 rings (SSSR count). The van der Waals surface area contributed by atoms with Gasteiger partial charge in [-0.15, -0.1) is 0 Å². The molecule has 2 heterocycles. The Morgan fingerprint density at radius 1 is 1.12 bits per heavy atom. The molecule has 2 aromatic carbocycles. The van der Waals surface area contributed by atoms with E-state index in [1.165, 1.54) is 21.0 Å². The number of nitrogens with one attached hydrogen (secondary N) is 1. The summed E-state index contributed by atoms with van der Waals surface area (Å²) in [7, 11) is -2.34. The van der Waals surface area contributed by atoms with Gasteiger partial charge in [-0.05, 0) is 74.4 Å². The summed E-state index contributed by atoms with van der Waals surface area (Å²) in [5, 5.41) is 7.58. The van der Waals surface area contributed by atoms with Crippen LogP contribution in [0.25, 0.3) is 11.0 Å². The highest BCUT2D eigenvalue weighted by molar-refractivity contribution is 7.92. The van der Waals surface area contributed by atoms with Crippen LogP contribution in [0.5, 0.6) is 5.75 Å².